The van der Waals surface area contributed by atoms with E-state index in [4.69, 9.17) is 10.5 Å². The topological polar surface area (TPSA) is 89.0 Å². The van der Waals surface area contributed by atoms with E-state index in [9.17, 15) is 13.3 Å². The summed E-state index contributed by atoms with van der Waals surface area (Å²) < 4.78 is 46.7. The van der Waals surface area contributed by atoms with E-state index < -0.39 is 22.8 Å². The third-order valence-corrected chi connectivity index (χ3v) is 6.08. The van der Waals surface area contributed by atoms with Crippen LogP contribution in [0.2, 0.25) is 0 Å². The first kappa shape index (κ1) is 21.5. The molecule has 2 N–H and O–H groups in total. The van der Waals surface area contributed by atoms with Gasteiger partial charge in [-0.2, -0.15) is 0 Å². The SMILES string of the molecule is CCOCc1nc2c(N)ncc(C)c2n1CCCC[S+]([O-])c1ccc(F)cc1F. The van der Waals surface area contributed by atoms with Gasteiger partial charge in [0.25, 0.3) is 0 Å². The molecule has 6 nitrogen and oxygen atoms in total. The maximum absolute atomic E-state index is 13.8. The molecule has 0 aliphatic heterocycles. The summed E-state index contributed by atoms with van der Waals surface area (Å²) in [6.07, 6.45) is 3.03. The van der Waals surface area contributed by atoms with Gasteiger partial charge >= 0.3 is 0 Å². The Kier molecular flexibility index (Phi) is 7.05. The highest BCUT2D eigenvalue weighted by atomic mass is 32.2. The van der Waals surface area contributed by atoms with Crippen molar-refractivity contribution in [1.82, 2.24) is 14.5 Å². The molecule has 29 heavy (non-hydrogen) atoms. The van der Waals surface area contributed by atoms with Crippen LogP contribution in [0.4, 0.5) is 14.6 Å². The van der Waals surface area contributed by atoms with Crippen LogP contribution in [-0.4, -0.2) is 31.4 Å². The van der Waals surface area contributed by atoms with E-state index in [0.29, 0.717) is 49.7 Å². The number of hydrogen-bond acceptors (Lipinski definition) is 5. The lowest BCUT2D eigenvalue weighted by molar-refractivity contribution is 0.126. The summed E-state index contributed by atoms with van der Waals surface area (Å²) in [5.74, 6) is -0.0355. The van der Waals surface area contributed by atoms with Crippen molar-refractivity contribution in [3.8, 4) is 0 Å². The molecule has 156 valence electrons. The molecular weight excluding hydrogens is 398 g/mol. The molecule has 0 fully saturated rings. The molecule has 3 rings (SSSR count). The van der Waals surface area contributed by atoms with E-state index in [1.54, 1.807) is 6.20 Å². The molecule has 0 bridgehead atoms. The summed E-state index contributed by atoms with van der Waals surface area (Å²) in [4.78, 5) is 8.80. The number of imidazole rings is 1. The zero-order valence-corrected chi connectivity index (χ0v) is 17.3. The number of unbranched alkanes of at least 4 members (excludes halogenated alkanes) is 1. The van der Waals surface area contributed by atoms with Crippen LogP contribution in [0.25, 0.3) is 11.0 Å². The Bertz CT molecular complexity index is 996. The lowest BCUT2D eigenvalue weighted by Crippen LogP contribution is -2.11. The number of aromatic nitrogens is 3. The van der Waals surface area contributed by atoms with Gasteiger partial charge in [-0.3, -0.25) is 0 Å². The molecule has 0 saturated carbocycles. The second-order valence-electron chi connectivity index (χ2n) is 6.67. The lowest BCUT2D eigenvalue weighted by atomic mass is 10.2. The van der Waals surface area contributed by atoms with Gasteiger partial charge in [-0.25, -0.2) is 18.7 Å². The Morgan fingerprint density at radius 3 is 2.79 bits per heavy atom. The summed E-state index contributed by atoms with van der Waals surface area (Å²) in [5, 5.41) is 0. The first-order chi connectivity index (χ1) is 13.9. The van der Waals surface area contributed by atoms with E-state index in [1.807, 2.05) is 13.8 Å². The van der Waals surface area contributed by atoms with E-state index in [-0.39, 0.29) is 4.90 Å². The van der Waals surface area contributed by atoms with Crippen LogP contribution in [-0.2, 0) is 29.1 Å². The van der Waals surface area contributed by atoms with Crippen molar-refractivity contribution in [1.29, 1.82) is 0 Å². The summed E-state index contributed by atoms with van der Waals surface area (Å²) in [7, 11) is 0. The summed E-state index contributed by atoms with van der Waals surface area (Å²) >= 11 is -1.52. The van der Waals surface area contributed by atoms with Crippen LogP contribution in [0, 0.1) is 18.6 Å². The summed E-state index contributed by atoms with van der Waals surface area (Å²) in [6, 6.07) is 3.12. The number of hydrogen-bond donors (Lipinski definition) is 1. The number of benzene rings is 1. The van der Waals surface area contributed by atoms with Crippen molar-refractivity contribution in [2.75, 3.05) is 18.1 Å². The summed E-state index contributed by atoms with van der Waals surface area (Å²) in [6.45, 7) is 5.42. The molecule has 0 aliphatic carbocycles. The van der Waals surface area contributed by atoms with Gasteiger partial charge in [-0.1, -0.05) is 0 Å². The van der Waals surface area contributed by atoms with E-state index in [2.05, 4.69) is 14.5 Å². The number of rotatable bonds is 9. The number of nitrogens with zero attached hydrogens (tertiary/aromatic N) is 3. The molecular formula is C20H24F2N4O2S. The Labute approximate surface area is 171 Å². The fourth-order valence-electron chi connectivity index (χ4n) is 3.18. The molecule has 0 spiro atoms. The second kappa shape index (κ2) is 9.51. The van der Waals surface area contributed by atoms with Gasteiger partial charge < -0.3 is 19.6 Å². The average Bonchev–Trinajstić information content (AvgIpc) is 3.06. The number of anilines is 1. The van der Waals surface area contributed by atoms with Crippen LogP contribution >= 0.6 is 0 Å². The van der Waals surface area contributed by atoms with E-state index in [1.165, 1.54) is 6.07 Å². The number of nitrogen functional groups attached to an aromatic ring is 1. The van der Waals surface area contributed by atoms with Gasteiger partial charge in [-0.15, -0.1) is 0 Å². The third kappa shape index (κ3) is 4.85. The van der Waals surface area contributed by atoms with Crippen molar-refractivity contribution >= 4 is 28.0 Å². The number of fused-ring (bicyclic) bond motifs is 1. The molecule has 3 aromatic rings. The highest BCUT2D eigenvalue weighted by molar-refractivity contribution is 7.91. The van der Waals surface area contributed by atoms with Gasteiger partial charge in [0, 0.05) is 25.4 Å². The summed E-state index contributed by atoms with van der Waals surface area (Å²) in [5.41, 5.74) is 8.51. The van der Waals surface area contributed by atoms with E-state index in [0.717, 1.165) is 29.0 Å². The molecule has 1 aromatic carbocycles. The maximum Gasteiger partial charge on any atom is 0.188 e. The minimum atomic E-state index is -1.52. The Balaban J connectivity index is 1.70. The maximum atomic E-state index is 13.8. The average molecular weight is 423 g/mol. The Hall–Kier alpha value is -2.23. The van der Waals surface area contributed by atoms with Crippen molar-refractivity contribution in [2.24, 2.45) is 0 Å². The molecule has 0 aliphatic rings. The fourth-order valence-corrected chi connectivity index (χ4v) is 4.37. The first-order valence-corrected chi connectivity index (χ1v) is 10.8. The molecule has 2 aromatic heterocycles. The molecule has 0 amide bonds. The molecule has 0 saturated heterocycles. The van der Waals surface area contributed by atoms with Crippen LogP contribution in [0.3, 0.4) is 0 Å². The molecule has 0 radical (unpaired) electrons. The van der Waals surface area contributed by atoms with Crippen LogP contribution < -0.4 is 5.73 Å². The van der Waals surface area contributed by atoms with Crippen LogP contribution in [0.1, 0.15) is 31.2 Å². The van der Waals surface area contributed by atoms with Gasteiger partial charge in [0.15, 0.2) is 16.5 Å². The second-order valence-corrected chi connectivity index (χ2v) is 8.21. The lowest BCUT2D eigenvalue weighted by Gasteiger charge is -2.13. The zero-order chi connectivity index (χ0) is 21.0. The number of halogens is 2. The third-order valence-electron chi connectivity index (χ3n) is 4.60. The fraction of sp³-hybridized carbons (Fsp3) is 0.400. The number of pyridine rings is 1. The highest BCUT2D eigenvalue weighted by Gasteiger charge is 2.18. The van der Waals surface area contributed by atoms with Crippen molar-refractivity contribution in [3.05, 3.63) is 47.4 Å². The largest absolute Gasteiger partial charge is 0.611 e. The van der Waals surface area contributed by atoms with Crippen molar-refractivity contribution < 1.29 is 18.1 Å². The number of aryl methyl sites for hydroxylation is 2. The Morgan fingerprint density at radius 2 is 2.07 bits per heavy atom. The van der Waals surface area contributed by atoms with Gasteiger partial charge in [-0.05, 0) is 55.6 Å². The van der Waals surface area contributed by atoms with Crippen LogP contribution in [0.15, 0.2) is 29.3 Å². The minimum Gasteiger partial charge on any atom is -0.611 e. The molecule has 1 unspecified atom stereocenters. The Morgan fingerprint density at radius 1 is 1.28 bits per heavy atom. The smallest absolute Gasteiger partial charge is 0.188 e. The van der Waals surface area contributed by atoms with Gasteiger partial charge in [0.05, 0.1) is 5.52 Å². The van der Waals surface area contributed by atoms with Crippen LogP contribution in [0.5, 0.6) is 0 Å². The monoisotopic (exact) mass is 422 g/mol. The van der Waals surface area contributed by atoms with E-state index >= 15 is 0 Å². The van der Waals surface area contributed by atoms with Crippen molar-refractivity contribution in [2.45, 2.75) is 44.7 Å². The highest BCUT2D eigenvalue weighted by Crippen LogP contribution is 2.25. The number of nitrogens with two attached hydrogens (primary N) is 1. The van der Waals surface area contributed by atoms with Gasteiger partial charge in [0.1, 0.15) is 29.5 Å². The number of ether oxygens (including phenoxy) is 1. The quantitative estimate of drug-likeness (QED) is 0.419. The normalized spacial score (nSPS) is 12.6. The minimum absolute atomic E-state index is 0.0335. The molecule has 1 atom stereocenters. The predicted molar refractivity (Wildman–Crippen MR) is 109 cm³/mol. The molecule has 9 heteroatoms. The molecule has 2 heterocycles. The van der Waals surface area contributed by atoms with Gasteiger partial charge in [0.2, 0.25) is 0 Å². The standard InChI is InChI=1S/C20H24F2N4O2S/c1-3-28-12-17-25-18-19(13(2)11-24-20(18)23)26(17)8-4-5-9-29(27)16-7-6-14(21)10-15(16)22/h6-7,10-11H,3-5,8-9,12H2,1-2H3,(H2,23,24). The zero-order valence-electron chi connectivity index (χ0n) is 16.5. The van der Waals surface area contributed by atoms with Crippen molar-refractivity contribution in [3.63, 3.8) is 0 Å². The first-order valence-electron chi connectivity index (χ1n) is 9.43. The predicted octanol–water partition coefficient (Wildman–Crippen LogP) is 3.72.